The highest BCUT2D eigenvalue weighted by Gasteiger charge is 2.19. The molecule has 0 amide bonds. The van der Waals surface area contributed by atoms with Gasteiger partial charge in [-0.25, -0.2) is 4.39 Å². The molecule has 0 bridgehead atoms. The van der Waals surface area contributed by atoms with E-state index in [1.165, 1.54) is 20.1 Å². The molecule has 0 aliphatic rings. The van der Waals surface area contributed by atoms with Crippen molar-refractivity contribution < 1.29 is 13.9 Å². The molecule has 0 saturated carbocycles. The minimum Gasteiger partial charge on any atom is -0.494 e. The van der Waals surface area contributed by atoms with Crippen LogP contribution in [0, 0.1) is 5.82 Å². The molecule has 2 nitrogen and oxygen atoms in total. The lowest BCUT2D eigenvalue weighted by molar-refractivity contribution is -0.116. The molecule has 1 unspecified atom stereocenters. The van der Waals surface area contributed by atoms with E-state index in [4.69, 9.17) is 4.74 Å². The monoisotopic (exact) mass is 260 g/mol. The summed E-state index contributed by atoms with van der Waals surface area (Å²) >= 11 is 3.12. The van der Waals surface area contributed by atoms with Crippen molar-refractivity contribution in [1.82, 2.24) is 0 Å². The van der Waals surface area contributed by atoms with Crippen LogP contribution in [0.25, 0.3) is 0 Å². The van der Waals surface area contributed by atoms with Gasteiger partial charge in [0.15, 0.2) is 11.6 Å². The molecule has 0 fully saturated rings. The topological polar surface area (TPSA) is 26.3 Å². The van der Waals surface area contributed by atoms with E-state index >= 15 is 0 Å². The number of Topliss-reactive ketones (excluding diaryl/α,β-unsaturated/α-hetero) is 1. The van der Waals surface area contributed by atoms with Crippen LogP contribution in [-0.2, 0) is 4.79 Å². The Labute approximate surface area is 90.2 Å². The Balaban J connectivity index is 3.15. The summed E-state index contributed by atoms with van der Waals surface area (Å²) in [4.78, 5) is 10.4. The number of hydrogen-bond acceptors (Lipinski definition) is 2. The second-order valence-corrected chi connectivity index (χ2v) is 3.75. The second kappa shape index (κ2) is 4.55. The van der Waals surface area contributed by atoms with Gasteiger partial charge in [0.25, 0.3) is 0 Å². The van der Waals surface area contributed by atoms with Crippen LogP contribution in [0.2, 0.25) is 0 Å². The average Bonchev–Trinajstić information content (AvgIpc) is 2.17. The Kier molecular flexibility index (Phi) is 3.63. The van der Waals surface area contributed by atoms with E-state index < -0.39 is 10.6 Å². The Morgan fingerprint density at radius 3 is 2.71 bits per heavy atom. The molecule has 0 aliphatic heterocycles. The van der Waals surface area contributed by atoms with Crippen molar-refractivity contribution >= 4 is 21.7 Å². The fourth-order valence-electron chi connectivity index (χ4n) is 1.10. The van der Waals surface area contributed by atoms with E-state index in [1.54, 1.807) is 12.1 Å². The van der Waals surface area contributed by atoms with E-state index in [2.05, 4.69) is 15.9 Å². The molecule has 0 spiro atoms. The van der Waals surface area contributed by atoms with Crippen LogP contribution in [0.15, 0.2) is 18.2 Å². The average molecular weight is 261 g/mol. The van der Waals surface area contributed by atoms with Crippen LogP contribution in [0.4, 0.5) is 4.39 Å². The first-order valence-electron chi connectivity index (χ1n) is 4.05. The zero-order valence-electron chi connectivity index (χ0n) is 7.88. The molecule has 1 aromatic rings. The van der Waals surface area contributed by atoms with Gasteiger partial charge in [0, 0.05) is 5.56 Å². The van der Waals surface area contributed by atoms with Crippen LogP contribution in [-0.4, -0.2) is 12.9 Å². The lowest BCUT2D eigenvalue weighted by Gasteiger charge is -2.10. The first kappa shape index (κ1) is 11.2. The third-order valence-electron chi connectivity index (χ3n) is 1.84. The van der Waals surface area contributed by atoms with Crippen LogP contribution in [0.5, 0.6) is 5.75 Å². The highest BCUT2D eigenvalue weighted by atomic mass is 79.9. The van der Waals surface area contributed by atoms with Gasteiger partial charge >= 0.3 is 0 Å². The van der Waals surface area contributed by atoms with Crippen molar-refractivity contribution in [3.63, 3.8) is 0 Å². The van der Waals surface area contributed by atoms with Crippen LogP contribution in [0.3, 0.4) is 0 Å². The second-order valence-electron chi connectivity index (χ2n) is 2.84. The maximum atomic E-state index is 13.6. The predicted octanol–water partition coefficient (Wildman–Crippen LogP) is 2.86. The standard InChI is InChI=1S/C10H10BrFO2/c1-6(13)9(11)7-4-3-5-8(14-2)10(7)12/h3-5,9H,1-2H3. The number of ketones is 1. The molecule has 1 rings (SSSR count). The van der Waals surface area contributed by atoms with Crippen molar-refractivity contribution in [3.8, 4) is 5.75 Å². The molecular weight excluding hydrogens is 251 g/mol. The van der Waals surface area contributed by atoms with E-state index in [-0.39, 0.29) is 11.5 Å². The van der Waals surface area contributed by atoms with Gasteiger partial charge in [0.05, 0.1) is 7.11 Å². The highest BCUT2D eigenvalue weighted by Crippen LogP contribution is 2.30. The molecule has 0 heterocycles. The lowest BCUT2D eigenvalue weighted by Crippen LogP contribution is -2.04. The summed E-state index contributed by atoms with van der Waals surface area (Å²) < 4.78 is 18.4. The van der Waals surface area contributed by atoms with Gasteiger partial charge in [0.2, 0.25) is 0 Å². The Morgan fingerprint density at radius 2 is 2.21 bits per heavy atom. The maximum absolute atomic E-state index is 13.6. The number of ether oxygens (including phenoxy) is 1. The van der Waals surface area contributed by atoms with Gasteiger partial charge in [-0.1, -0.05) is 28.1 Å². The first-order valence-corrected chi connectivity index (χ1v) is 4.96. The van der Waals surface area contributed by atoms with E-state index in [9.17, 15) is 9.18 Å². The van der Waals surface area contributed by atoms with Gasteiger partial charge in [-0.2, -0.15) is 0 Å². The van der Waals surface area contributed by atoms with Crippen LogP contribution in [0.1, 0.15) is 17.3 Å². The van der Waals surface area contributed by atoms with Gasteiger partial charge in [-0.3, -0.25) is 4.79 Å². The highest BCUT2D eigenvalue weighted by molar-refractivity contribution is 9.09. The predicted molar refractivity (Wildman–Crippen MR) is 55.3 cm³/mol. The molecule has 0 saturated heterocycles. The molecule has 4 heteroatoms. The summed E-state index contributed by atoms with van der Waals surface area (Å²) in [6.45, 7) is 1.40. The molecule has 14 heavy (non-hydrogen) atoms. The van der Waals surface area contributed by atoms with E-state index in [0.717, 1.165) is 0 Å². The molecule has 0 aliphatic carbocycles. The summed E-state index contributed by atoms with van der Waals surface area (Å²) in [5.74, 6) is -0.488. The number of methoxy groups -OCH3 is 1. The van der Waals surface area contributed by atoms with Crippen molar-refractivity contribution in [2.75, 3.05) is 7.11 Å². The molecule has 0 N–H and O–H groups in total. The first-order chi connectivity index (χ1) is 6.57. The van der Waals surface area contributed by atoms with Crippen molar-refractivity contribution in [2.24, 2.45) is 0 Å². The van der Waals surface area contributed by atoms with Crippen LogP contribution < -0.4 is 4.74 Å². The van der Waals surface area contributed by atoms with Gasteiger partial charge in [0.1, 0.15) is 10.6 Å². The zero-order valence-corrected chi connectivity index (χ0v) is 9.47. The number of benzene rings is 1. The number of hydrogen-bond donors (Lipinski definition) is 0. The lowest BCUT2D eigenvalue weighted by atomic mass is 10.1. The molecule has 1 atom stereocenters. The number of alkyl halides is 1. The smallest absolute Gasteiger partial charge is 0.169 e. The largest absolute Gasteiger partial charge is 0.494 e. The number of rotatable bonds is 3. The SMILES string of the molecule is COc1cccc(C(Br)C(C)=O)c1F. The Hall–Kier alpha value is -0.900. The normalized spacial score (nSPS) is 12.3. The number of carbonyl (C=O) groups excluding carboxylic acids is 1. The summed E-state index contributed by atoms with van der Waals surface area (Å²) in [6.07, 6.45) is 0. The molecule has 76 valence electrons. The van der Waals surface area contributed by atoms with Gasteiger partial charge in [-0.15, -0.1) is 0 Å². The number of halogens is 2. The third-order valence-corrected chi connectivity index (χ3v) is 2.98. The summed E-state index contributed by atoms with van der Waals surface area (Å²) in [6, 6.07) is 4.71. The zero-order chi connectivity index (χ0) is 10.7. The van der Waals surface area contributed by atoms with E-state index in [1.807, 2.05) is 0 Å². The minimum atomic E-state index is -0.613. The third kappa shape index (κ3) is 2.12. The van der Waals surface area contributed by atoms with Crippen molar-refractivity contribution in [1.29, 1.82) is 0 Å². The Bertz CT molecular complexity index is 352. The van der Waals surface area contributed by atoms with E-state index in [0.29, 0.717) is 5.56 Å². The van der Waals surface area contributed by atoms with Crippen molar-refractivity contribution in [2.45, 2.75) is 11.8 Å². The maximum Gasteiger partial charge on any atom is 0.169 e. The fraction of sp³-hybridized carbons (Fsp3) is 0.300. The van der Waals surface area contributed by atoms with Crippen LogP contribution >= 0.6 is 15.9 Å². The Morgan fingerprint density at radius 1 is 1.57 bits per heavy atom. The van der Waals surface area contributed by atoms with Gasteiger partial charge < -0.3 is 4.74 Å². The summed E-state index contributed by atoms with van der Waals surface area (Å²) in [5.41, 5.74) is 0.303. The quantitative estimate of drug-likeness (QED) is 0.782. The fourth-order valence-corrected chi connectivity index (χ4v) is 1.45. The molecular formula is C10H10BrFO2. The minimum absolute atomic E-state index is 0.142. The van der Waals surface area contributed by atoms with Gasteiger partial charge in [-0.05, 0) is 13.0 Å². The number of carbonyl (C=O) groups is 1. The molecule has 1 aromatic carbocycles. The summed E-state index contributed by atoms with van der Waals surface area (Å²) in [5, 5.41) is 0. The molecule has 0 aromatic heterocycles. The molecule has 0 radical (unpaired) electrons. The summed E-state index contributed by atoms with van der Waals surface area (Å²) in [7, 11) is 1.39. The van der Waals surface area contributed by atoms with Crippen molar-refractivity contribution in [3.05, 3.63) is 29.6 Å².